The maximum absolute atomic E-state index is 6.12. The fourth-order valence-electron chi connectivity index (χ4n) is 3.36. The summed E-state index contributed by atoms with van der Waals surface area (Å²) in [5.41, 5.74) is 1.22. The zero-order chi connectivity index (χ0) is 20.5. The molecule has 1 aromatic heterocycles. The van der Waals surface area contributed by atoms with Gasteiger partial charge in [-0.3, -0.25) is 4.90 Å². The Kier molecular flexibility index (Phi) is 9.34. The van der Waals surface area contributed by atoms with E-state index in [1.54, 1.807) is 11.8 Å². The molecule has 29 heavy (non-hydrogen) atoms. The molecule has 8 heteroatoms. The lowest BCUT2D eigenvalue weighted by Crippen LogP contribution is -2.43. The largest absolute Gasteiger partial charge is 0.353 e. The van der Waals surface area contributed by atoms with Crippen molar-refractivity contribution in [2.24, 2.45) is 0 Å². The fourth-order valence-corrected chi connectivity index (χ4v) is 4.40. The molecule has 1 saturated heterocycles. The standard InChI is InChI=1S/C21H29Cl2N5S/c1-2-13-29-20-5-8-25-21(27-20)26-10-9-24-17-6-11-28(12-7-17)15-16-3-4-18(22)19(23)14-16/h3-5,8,14,17,24H,2,6-7,9-13,15H2,1H3,(H,25,26,27). The third kappa shape index (κ3) is 7.61. The SMILES string of the molecule is CCCSc1ccnc(NCCNC2CCN(Cc3ccc(Cl)c(Cl)c3)CC2)n1. The van der Waals surface area contributed by atoms with Crippen molar-refractivity contribution in [3.63, 3.8) is 0 Å². The lowest BCUT2D eigenvalue weighted by Gasteiger charge is -2.32. The average Bonchev–Trinajstić information content (AvgIpc) is 2.74. The van der Waals surface area contributed by atoms with Gasteiger partial charge in [0.2, 0.25) is 5.95 Å². The maximum atomic E-state index is 6.12. The highest BCUT2D eigenvalue weighted by molar-refractivity contribution is 7.99. The quantitative estimate of drug-likeness (QED) is 0.301. The Morgan fingerprint density at radius 3 is 2.72 bits per heavy atom. The number of likely N-dealkylation sites (tertiary alicyclic amines) is 1. The van der Waals surface area contributed by atoms with Gasteiger partial charge in [-0.2, -0.15) is 0 Å². The van der Waals surface area contributed by atoms with E-state index in [4.69, 9.17) is 23.2 Å². The van der Waals surface area contributed by atoms with E-state index >= 15 is 0 Å². The highest BCUT2D eigenvalue weighted by atomic mass is 35.5. The van der Waals surface area contributed by atoms with Gasteiger partial charge in [-0.25, -0.2) is 9.97 Å². The number of piperidine rings is 1. The highest BCUT2D eigenvalue weighted by Gasteiger charge is 2.18. The summed E-state index contributed by atoms with van der Waals surface area (Å²) < 4.78 is 0. The summed E-state index contributed by atoms with van der Waals surface area (Å²) >= 11 is 13.9. The van der Waals surface area contributed by atoms with E-state index in [-0.39, 0.29) is 0 Å². The predicted octanol–water partition coefficient (Wildman–Crippen LogP) is 4.95. The van der Waals surface area contributed by atoms with Gasteiger partial charge in [-0.15, -0.1) is 11.8 Å². The lowest BCUT2D eigenvalue weighted by atomic mass is 10.0. The Labute approximate surface area is 188 Å². The molecular weight excluding hydrogens is 425 g/mol. The smallest absolute Gasteiger partial charge is 0.223 e. The van der Waals surface area contributed by atoms with Gasteiger partial charge in [0.15, 0.2) is 0 Å². The van der Waals surface area contributed by atoms with E-state index in [2.05, 4.69) is 38.5 Å². The number of benzene rings is 1. The molecule has 1 fully saturated rings. The molecule has 2 heterocycles. The molecule has 3 rings (SSSR count). The Hall–Kier alpha value is -1.05. The van der Waals surface area contributed by atoms with Gasteiger partial charge >= 0.3 is 0 Å². The minimum Gasteiger partial charge on any atom is -0.353 e. The monoisotopic (exact) mass is 453 g/mol. The molecule has 0 radical (unpaired) electrons. The number of halogens is 2. The van der Waals surface area contributed by atoms with Crippen molar-refractivity contribution in [3.05, 3.63) is 46.1 Å². The van der Waals surface area contributed by atoms with Crippen LogP contribution in [0.3, 0.4) is 0 Å². The van der Waals surface area contributed by atoms with Crippen LogP contribution >= 0.6 is 35.0 Å². The molecule has 1 aliphatic rings. The van der Waals surface area contributed by atoms with Crippen molar-refractivity contribution in [3.8, 4) is 0 Å². The van der Waals surface area contributed by atoms with Crippen LogP contribution in [0.5, 0.6) is 0 Å². The Bertz CT molecular complexity index is 768. The van der Waals surface area contributed by atoms with Crippen molar-refractivity contribution in [2.45, 2.75) is 43.8 Å². The van der Waals surface area contributed by atoms with Crippen molar-refractivity contribution >= 4 is 40.9 Å². The molecule has 1 aliphatic heterocycles. The Balaban J connectivity index is 1.32. The zero-order valence-electron chi connectivity index (χ0n) is 16.8. The summed E-state index contributed by atoms with van der Waals surface area (Å²) in [4.78, 5) is 11.3. The van der Waals surface area contributed by atoms with Crippen LogP contribution in [0.25, 0.3) is 0 Å². The van der Waals surface area contributed by atoms with E-state index in [0.717, 1.165) is 62.8 Å². The first-order chi connectivity index (χ1) is 14.1. The number of thioether (sulfide) groups is 1. The third-order valence-corrected chi connectivity index (χ3v) is 6.78. The molecular formula is C21H29Cl2N5S. The summed E-state index contributed by atoms with van der Waals surface area (Å²) in [5, 5.41) is 9.25. The molecule has 0 atom stereocenters. The zero-order valence-corrected chi connectivity index (χ0v) is 19.2. The van der Waals surface area contributed by atoms with Gasteiger partial charge in [-0.05, 0) is 61.9 Å². The van der Waals surface area contributed by atoms with Crippen LogP contribution in [0.15, 0.2) is 35.5 Å². The molecule has 0 aliphatic carbocycles. The van der Waals surface area contributed by atoms with Gasteiger partial charge in [0.25, 0.3) is 0 Å². The molecule has 2 aromatic rings. The van der Waals surface area contributed by atoms with Crippen LogP contribution in [-0.2, 0) is 6.54 Å². The minimum absolute atomic E-state index is 0.564. The Morgan fingerprint density at radius 1 is 1.14 bits per heavy atom. The fraction of sp³-hybridized carbons (Fsp3) is 0.524. The van der Waals surface area contributed by atoms with Crippen LogP contribution in [0, 0.1) is 0 Å². The van der Waals surface area contributed by atoms with Crippen LogP contribution in [0.2, 0.25) is 10.0 Å². The van der Waals surface area contributed by atoms with Crippen LogP contribution < -0.4 is 10.6 Å². The summed E-state index contributed by atoms with van der Waals surface area (Å²) in [6.07, 6.45) is 5.28. The van der Waals surface area contributed by atoms with E-state index < -0.39 is 0 Å². The molecule has 1 aromatic carbocycles. The maximum Gasteiger partial charge on any atom is 0.223 e. The second-order valence-corrected chi connectivity index (χ2v) is 9.18. The second kappa shape index (κ2) is 12.0. The first-order valence-electron chi connectivity index (χ1n) is 10.2. The summed E-state index contributed by atoms with van der Waals surface area (Å²) in [7, 11) is 0. The van der Waals surface area contributed by atoms with Gasteiger partial charge in [0, 0.05) is 31.9 Å². The van der Waals surface area contributed by atoms with E-state index in [9.17, 15) is 0 Å². The molecule has 5 nitrogen and oxygen atoms in total. The summed E-state index contributed by atoms with van der Waals surface area (Å²) in [5.74, 6) is 1.80. The molecule has 0 saturated carbocycles. The molecule has 0 amide bonds. The molecule has 0 spiro atoms. The van der Waals surface area contributed by atoms with Gasteiger partial charge < -0.3 is 10.6 Å². The molecule has 158 valence electrons. The Morgan fingerprint density at radius 2 is 1.97 bits per heavy atom. The predicted molar refractivity (Wildman–Crippen MR) is 124 cm³/mol. The van der Waals surface area contributed by atoms with Crippen LogP contribution in [0.4, 0.5) is 5.95 Å². The number of nitrogens with one attached hydrogen (secondary N) is 2. The van der Waals surface area contributed by atoms with Crippen molar-refractivity contribution in [2.75, 3.05) is 37.2 Å². The normalized spacial score (nSPS) is 15.6. The van der Waals surface area contributed by atoms with E-state index in [1.165, 1.54) is 5.56 Å². The number of nitrogens with zero attached hydrogens (tertiary/aromatic N) is 3. The molecule has 0 unspecified atom stereocenters. The second-order valence-electron chi connectivity index (χ2n) is 7.25. The number of hydrogen-bond acceptors (Lipinski definition) is 6. The van der Waals surface area contributed by atoms with E-state index in [1.807, 2.05) is 24.4 Å². The minimum atomic E-state index is 0.564. The van der Waals surface area contributed by atoms with Crippen molar-refractivity contribution in [1.82, 2.24) is 20.2 Å². The first kappa shape index (κ1) is 22.6. The van der Waals surface area contributed by atoms with Gasteiger partial charge in [0.05, 0.1) is 10.0 Å². The van der Waals surface area contributed by atoms with Crippen molar-refractivity contribution in [1.29, 1.82) is 0 Å². The number of rotatable bonds is 10. The first-order valence-corrected chi connectivity index (χ1v) is 12.0. The molecule has 0 bridgehead atoms. The average molecular weight is 454 g/mol. The van der Waals surface area contributed by atoms with Gasteiger partial charge in [-0.1, -0.05) is 36.2 Å². The number of anilines is 1. The lowest BCUT2D eigenvalue weighted by molar-refractivity contribution is 0.191. The van der Waals surface area contributed by atoms with Gasteiger partial charge in [0.1, 0.15) is 5.03 Å². The topological polar surface area (TPSA) is 53.1 Å². The number of aromatic nitrogens is 2. The number of hydrogen-bond donors (Lipinski definition) is 2. The third-order valence-electron chi connectivity index (χ3n) is 4.90. The van der Waals surface area contributed by atoms with Crippen molar-refractivity contribution < 1.29 is 0 Å². The van der Waals surface area contributed by atoms with Crippen LogP contribution in [-0.4, -0.2) is 52.8 Å². The van der Waals surface area contributed by atoms with Crippen LogP contribution in [0.1, 0.15) is 31.7 Å². The highest BCUT2D eigenvalue weighted by Crippen LogP contribution is 2.24. The summed E-state index contributed by atoms with van der Waals surface area (Å²) in [6, 6.07) is 8.44. The molecule has 2 N–H and O–H groups in total. The summed E-state index contributed by atoms with van der Waals surface area (Å²) in [6.45, 7) is 7.01. The van der Waals surface area contributed by atoms with E-state index in [0.29, 0.717) is 22.0 Å².